The SMILES string of the molecule is CCC(CC)C(C)NC(=O)Oc1ccccc1. The van der Waals surface area contributed by atoms with Crippen LogP contribution in [0.25, 0.3) is 0 Å². The second-order valence-corrected chi connectivity index (χ2v) is 4.21. The quantitative estimate of drug-likeness (QED) is 0.846. The fourth-order valence-corrected chi connectivity index (χ4v) is 1.92. The lowest BCUT2D eigenvalue weighted by atomic mass is 9.96. The van der Waals surface area contributed by atoms with Gasteiger partial charge in [-0.25, -0.2) is 4.79 Å². The van der Waals surface area contributed by atoms with Gasteiger partial charge in [-0.2, -0.15) is 0 Å². The summed E-state index contributed by atoms with van der Waals surface area (Å²) in [4.78, 5) is 11.6. The predicted molar refractivity (Wildman–Crippen MR) is 69.1 cm³/mol. The van der Waals surface area contributed by atoms with Gasteiger partial charge in [0, 0.05) is 6.04 Å². The predicted octanol–water partition coefficient (Wildman–Crippen LogP) is 3.60. The Morgan fingerprint density at radius 3 is 2.35 bits per heavy atom. The molecule has 1 aromatic carbocycles. The summed E-state index contributed by atoms with van der Waals surface area (Å²) in [5.41, 5.74) is 0. The Balaban J connectivity index is 2.44. The van der Waals surface area contributed by atoms with Gasteiger partial charge in [0.1, 0.15) is 5.75 Å². The zero-order valence-corrected chi connectivity index (χ0v) is 10.8. The summed E-state index contributed by atoms with van der Waals surface area (Å²) in [5.74, 6) is 1.07. The van der Waals surface area contributed by atoms with Crippen molar-refractivity contribution in [2.24, 2.45) is 5.92 Å². The van der Waals surface area contributed by atoms with E-state index in [1.807, 2.05) is 25.1 Å². The first-order valence-electron chi connectivity index (χ1n) is 6.20. The van der Waals surface area contributed by atoms with Gasteiger partial charge in [0.05, 0.1) is 0 Å². The third kappa shape index (κ3) is 4.47. The Morgan fingerprint density at radius 1 is 1.24 bits per heavy atom. The van der Waals surface area contributed by atoms with Crippen LogP contribution in [0.5, 0.6) is 5.75 Å². The lowest BCUT2D eigenvalue weighted by Gasteiger charge is -2.21. The molecule has 0 saturated heterocycles. The van der Waals surface area contributed by atoms with Crippen molar-refractivity contribution in [1.29, 1.82) is 0 Å². The third-order valence-electron chi connectivity index (χ3n) is 3.06. The topological polar surface area (TPSA) is 38.3 Å². The molecule has 0 spiro atoms. The number of hydrogen-bond donors (Lipinski definition) is 1. The zero-order valence-electron chi connectivity index (χ0n) is 10.8. The number of para-hydroxylation sites is 1. The number of nitrogens with one attached hydrogen (secondary N) is 1. The molecule has 1 aromatic rings. The number of benzene rings is 1. The van der Waals surface area contributed by atoms with Crippen LogP contribution in [0.2, 0.25) is 0 Å². The molecule has 0 aliphatic carbocycles. The fraction of sp³-hybridized carbons (Fsp3) is 0.500. The van der Waals surface area contributed by atoms with E-state index in [1.165, 1.54) is 0 Å². The van der Waals surface area contributed by atoms with Crippen molar-refractivity contribution < 1.29 is 9.53 Å². The summed E-state index contributed by atoms with van der Waals surface area (Å²) in [6, 6.07) is 9.24. The molecule has 0 heterocycles. The first kappa shape index (κ1) is 13.6. The maximum absolute atomic E-state index is 11.6. The van der Waals surface area contributed by atoms with Crippen molar-refractivity contribution in [3.8, 4) is 5.75 Å². The van der Waals surface area contributed by atoms with Crippen molar-refractivity contribution in [1.82, 2.24) is 5.32 Å². The monoisotopic (exact) mass is 235 g/mol. The molecule has 3 nitrogen and oxygen atoms in total. The third-order valence-corrected chi connectivity index (χ3v) is 3.06. The lowest BCUT2D eigenvalue weighted by Crippen LogP contribution is -2.39. The molecule has 0 bridgehead atoms. The van der Waals surface area contributed by atoms with E-state index in [1.54, 1.807) is 12.1 Å². The van der Waals surface area contributed by atoms with Crippen LogP contribution in [0.4, 0.5) is 4.79 Å². The molecule has 1 unspecified atom stereocenters. The van der Waals surface area contributed by atoms with E-state index in [2.05, 4.69) is 19.2 Å². The molecule has 0 aromatic heterocycles. The van der Waals surface area contributed by atoms with Crippen LogP contribution < -0.4 is 10.1 Å². The largest absolute Gasteiger partial charge is 0.412 e. The second kappa shape index (κ2) is 6.94. The van der Waals surface area contributed by atoms with Gasteiger partial charge in [0.15, 0.2) is 0 Å². The molecule has 0 radical (unpaired) electrons. The van der Waals surface area contributed by atoms with Crippen molar-refractivity contribution in [3.63, 3.8) is 0 Å². The molecule has 1 rings (SSSR count). The van der Waals surface area contributed by atoms with E-state index < -0.39 is 0 Å². The van der Waals surface area contributed by atoms with E-state index in [4.69, 9.17) is 4.74 Å². The van der Waals surface area contributed by atoms with Crippen molar-refractivity contribution in [2.75, 3.05) is 0 Å². The Bertz CT molecular complexity index is 333. The normalized spacial score (nSPS) is 12.2. The Kier molecular flexibility index (Phi) is 5.53. The minimum Gasteiger partial charge on any atom is -0.410 e. The smallest absolute Gasteiger partial charge is 0.410 e. The standard InChI is InChI=1S/C14H21NO2/c1-4-12(5-2)11(3)15-14(16)17-13-9-7-6-8-10-13/h6-12H,4-5H2,1-3H3,(H,15,16). The van der Waals surface area contributed by atoms with Crippen LogP contribution in [0.1, 0.15) is 33.6 Å². The highest BCUT2D eigenvalue weighted by Gasteiger charge is 2.16. The van der Waals surface area contributed by atoms with Crippen LogP contribution in [0, 0.1) is 5.92 Å². The Morgan fingerprint density at radius 2 is 1.82 bits per heavy atom. The molecule has 1 amide bonds. The first-order chi connectivity index (χ1) is 8.17. The molecule has 3 heteroatoms. The highest BCUT2D eigenvalue weighted by Crippen LogP contribution is 2.13. The van der Waals surface area contributed by atoms with E-state index in [0.717, 1.165) is 12.8 Å². The van der Waals surface area contributed by atoms with Gasteiger partial charge in [0.2, 0.25) is 0 Å². The second-order valence-electron chi connectivity index (χ2n) is 4.21. The molecule has 0 fully saturated rings. The van der Waals surface area contributed by atoms with E-state index in [9.17, 15) is 4.79 Å². The van der Waals surface area contributed by atoms with Gasteiger partial charge < -0.3 is 10.1 Å². The Hall–Kier alpha value is -1.51. The maximum Gasteiger partial charge on any atom is 0.412 e. The van der Waals surface area contributed by atoms with Crippen LogP contribution in [0.3, 0.4) is 0 Å². The maximum atomic E-state index is 11.6. The molecular formula is C14H21NO2. The molecule has 17 heavy (non-hydrogen) atoms. The summed E-state index contributed by atoms with van der Waals surface area (Å²) in [6.45, 7) is 6.29. The molecule has 94 valence electrons. The van der Waals surface area contributed by atoms with Gasteiger partial charge in [-0.05, 0) is 25.0 Å². The Labute approximate surface area is 103 Å². The molecule has 0 aliphatic heterocycles. The van der Waals surface area contributed by atoms with Crippen molar-refractivity contribution in [3.05, 3.63) is 30.3 Å². The molecular weight excluding hydrogens is 214 g/mol. The number of ether oxygens (including phenoxy) is 1. The highest BCUT2D eigenvalue weighted by molar-refractivity contribution is 5.70. The van der Waals surface area contributed by atoms with E-state index >= 15 is 0 Å². The minimum absolute atomic E-state index is 0.140. The van der Waals surface area contributed by atoms with Crippen molar-refractivity contribution in [2.45, 2.75) is 39.7 Å². The number of carbonyl (C=O) groups is 1. The average Bonchev–Trinajstić information content (AvgIpc) is 2.31. The summed E-state index contributed by atoms with van der Waals surface area (Å²) in [5, 5.41) is 2.87. The number of hydrogen-bond acceptors (Lipinski definition) is 2. The van der Waals surface area contributed by atoms with Gasteiger partial charge in [0.25, 0.3) is 0 Å². The summed E-state index contributed by atoms with van der Waals surface area (Å²) >= 11 is 0. The molecule has 1 atom stereocenters. The van der Waals surface area contributed by atoms with E-state index in [0.29, 0.717) is 11.7 Å². The highest BCUT2D eigenvalue weighted by atomic mass is 16.6. The fourth-order valence-electron chi connectivity index (χ4n) is 1.92. The summed E-state index contributed by atoms with van der Waals surface area (Å²) in [6.07, 6.45) is 1.74. The van der Waals surface area contributed by atoms with E-state index in [-0.39, 0.29) is 12.1 Å². The van der Waals surface area contributed by atoms with Gasteiger partial charge >= 0.3 is 6.09 Å². The molecule has 1 N–H and O–H groups in total. The first-order valence-corrected chi connectivity index (χ1v) is 6.20. The number of carbonyl (C=O) groups excluding carboxylic acids is 1. The zero-order chi connectivity index (χ0) is 12.7. The van der Waals surface area contributed by atoms with Crippen LogP contribution in [-0.2, 0) is 0 Å². The van der Waals surface area contributed by atoms with Crippen LogP contribution >= 0.6 is 0 Å². The van der Waals surface area contributed by atoms with Gasteiger partial charge in [-0.15, -0.1) is 0 Å². The average molecular weight is 235 g/mol. The summed E-state index contributed by atoms with van der Waals surface area (Å²) < 4.78 is 5.17. The van der Waals surface area contributed by atoms with Gasteiger partial charge in [-0.3, -0.25) is 0 Å². The minimum atomic E-state index is -0.379. The van der Waals surface area contributed by atoms with Crippen molar-refractivity contribution >= 4 is 6.09 Å². The molecule has 0 aliphatic rings. The molecule has 0 saturated carbocycles. The number of amides is 1. The van der Waals surface area contributed by atoms with Gasteiger partial charge in [-0.1, -0.05) is 44.9 Å². The summed E-state index contributed by atoms with van der Waals surface area (Å²) in [7, 11) is 0. The van der Waals surface area contributed by atoms with Crippen LogP contribution in [0.15, 0.2) is 30.3 Å². The lowest BCUT2D eigenvalue weighted by molar-refractivity contribution is 0.191. The number of rotatable bonds is 5. The van der Waals surface area contributed by atoms with Crippen LogP contribution in [-0.4, -0.2) is 12.1 Å².